The number of oxazole rings is 1. The van der Waals surface area contributed by atoms with Gasteiger partial charge in [0.05, 0.1) is 0 Å². The summed E-state index contributed by atoms with van der Waals surface area (Å²) in [5.74, 6) is 0. The molecule has 0 amide bonds. The summed E-state index contributed by atoms with van der Waals surface area (Å²) in [6.45, 7) is 0. The van der Waals surface area contributed by atoms with Gasteiger partial charge in [-0.1, -0.05) is 22.0 Å². The molecule has 0 spiro atoms. The van der Waals surface area contributed by atoms with Gasteiger partial charge in [0.2, 0.25) is 0 Å². The summed E-state index contributed by atoms with van der Waals surface area (Å²) in [4.78, 5) is 4.22. The normalized spacial score (nSPS) is 10.8. The second-order valence-corrected chi connectivity index (χ2v) is 3.89. The zero-order valence-corrected chi connectivity index (χ0v) is 9.79. The summed E-state index contributed by atoms with van der Waals surface area (Å²) in [6, 6.07) is 6.00. The Morgan fingerprint density at radius 1 is 1.50 bits per heavy atom. The molecular formula is C8H5BrINO. The average molecular weight is 338 g/mol. The van der Waals surface area contributed by atoms with Gasteiger partial charge in [-0.2, -0.15) is 0 Å². The van der Waals surface area contributed by atoms with E-state index in [-0.39, 0.29) is 0 Å². The number of fused-ring (bicyclic) bond motifs is 1. The molecular weight excluding hydrogens is 333 g/mol. The highest BCUT2D eigenvalue weighted by atomic mass is 127. The quantitative estimate of drug-likeness (QED) is 0.589. The van der Waals surface area contributed by atoms with Crippen LogP contribution in [0.1, 0.15) is 5.56 Å². The number of nitrogens with zero attached hydrogens (tertiary/aromatic N) is 1. The molecule has 0 radical (unpaired) electrons. The fraction of sp³-hybridized carbons (Fsp3) is 0.125. The van der Waals surface area contributed by atoms with Gasteiger partial charge >= 0.3 is 0 Å². The molecule has 0 aliphatic carbocycles. The molecule has 62 valence electrons. The minimum absolute atomic E-state index is 0.689. The van der Waals surface area contributed by atoms with Gasteiger partial charge in [0.25, 0.3) is 3.90 Å². The zero-order chi connectivity index (χ0) is 8.55. The van der Waals surface area contributed by atoms with Gasteiger partial charge in [0.1, 0.15) is 5.52 Å². The molecule has 0 aliphatic heterocycles. The topological polar surface area (TPSA) is 26.0 Å². The van der Waals surface area contributed by atoms with E-state index in [0.717, 1.165) is 16.4 Å². The lowest BCUT2D eigenvalue weighted by molar-refractivity contribution is 0.566. The molecule has 2 aromatic rings. The second-order valence-electron chi connectivity index (χ2n) is 2.40. The Balaban J connectivity index is 2.66. The van der Waals surface area contributed by atoms with Crippen LogP contribution in [0.5, 0.6) is 0 Å². The first-order valence-corrected chi connectivity index (χ1v) is 5.60. The van der Waals surface area contributed by atoms with Crippen LogP contribution in [0.2, 0.25) is 0 Å². The maximum Gasteiger partial charge on any atom is 0.258 e. The fourth-order valence-corrected chi connectivity index (χ4v) is 1.87. The average Bonchev–Trinajstić information content (AvgIpc) is 2.43. The lowest BCUT2D eigenvalue weighted by atomic mass is 10.2. The number of halogens is 2. The first-order chi connectivity index (χ1) is 5.79. The summed E-state index contributed by atoms with van der Waals surface area (Å²) in [7, 11) is 0. The molecule has 2 rings (SSSR count). The molecule has 1 aromatic carbocycles. The Kier molecular flexibility index (Phi) is 2.36. The van der Waals surface area contributed by atoms with Crippen LogP contribution >= 0.6 is 38.5 Å². The van der Waals surface area contributed by atoms with Crippen molar-refractivity contribution in [3.05, 3.63) is 27.7 Å². The molecule has 0 fully saturated rings. The van der Waals surface area contributed by atoms with Gasteiger partial charge < -0.3 is 4.42 Å². The maximum atomic E-state index is 5.33. The lowest BCUT2D eigenvalue weighted by Crippen LogP contribution is -1.75. The Labute approximate surface area is 91.6 Å². The highest BCUT2D eigenvalue weighted by Crippen LogP contribution is 2.19. The lowest BCUT2D eigenvalue weighted by Gasteiger charge is -1.91. The predicted molar refractivity (Wildman–Crippen MR) is 59.4 cm³/mol. The van der Waals surface area contributed by atoms with Gasteiger partial charge in [-0.25, -0.2) is 4.98 Å². The van der Waals surface area contributed by atoms with Crippen LogP contribution in [-0.2, 0) is 5.33 Å². The molecule has 0 N–H and O–H groups in total. The van der Waals surface area contributed by atoms with Crippen LogP contribution in [0.3, 0.4) is 0 Å². The van der Waals surface area contributed by atoms with E-state index in [1.807, 2.05) is 18.2 Å². The van der Waals surface area contributed by atoms with E-state index >= 15 is 0 Å². The second kappa shape index (κ2) is 3.33. The Morgan fingerprint density at radius 3 is 3.08 bits per heavy atom. The summed E-state index contributed by atoms with van der Waals surface area (Å²) >= 11 is 5.46. The molecule has 0 aliphatic rings. The van der Waals surface area contributed by atoms with Crippen LogP contribution < -0.4 is 0 Å². The van der Waals surface area contributed by atoms with Crippen LogP contribution in [0.15, 0.2) is 22.6 Å². The highest BCUT2D eigenvalue weighted by molar-refractivity contribution is 14.1. The van der Waals surface area contributed by atoms with Crippen LogP contribution in [0, 0.1) is 3.90 Å². The number of hydrogen-bond donors (Lipinski definition) is 0. The van der Waals surface area contributed by atoms with Crippen molar-refractivity contribution in [1.82, 2.24) is 4.98 Å². The van der Waals surface area contributed by atoms with Gasteiger partial charge in [-0.15, -0.1) is 0 Å². The maximum absolute atomic E-state index is 5.33. The van der Waals surface area contributed by atoms with Crippen molar-refractivity contribution in [1.29, 1.82) is 0 Å². The highest BCUT2D eigenvalue weighted by Gasteiger charge is 2.02. The van der Waals surface area contributed by atoms with Crippen molar-refractivity contribution in [2.75, 3.05) is 0 Å². The van der Waals surface area contributed by atoms with Crippen molar-refractivity contribution in [2.45, 2.75) is 5.33 Å². The molecule has 0 bridgehead atoms. The summed E-state index contributed by atoms with van der Waals surface area (Å²) in [5.41, 5.74) is 2.99. The fourth-order valence-electron chi connectivity index (χ4n) is 1.03. The third-order valence-corrected chi connectivity index (χ3v) is 2.69. The summed E-state index contributed by atoms with van der Waals surface area (Å²) in [5, 5.41) is 0.854. The largest absolute Gasteiger partial charge is 0.432 e. The summed E-state index contributed by atoms with van der Waals surface area (Å²) in [6.07, 6.45) is 0. The number of aromatic nitrogens is 1. The molecule has 1 heterocycles. The van der Waals surface area contributed by atoms with E-state index in [2.05, 4.69) is 43.5 Å². The van der Waals surface area contributed by atoms with Gasteiger partial charge in [-0.05, 0) is 17.7 Å². The van der Waals surface area contributed by atoms with E-state index < -0.39 is 0 Å². The number of rotatable bonds is 1. The number of benzene rings is 1. The monoisotopic (exact) mass is 337 g/mol. The smallest absolute Gasteiger partial charge is 0.258 e. The van der Waals surface area contributed by atoms with Gasteiger partial charge in [-0.3, -0.25) is 0 Å². The molecule has 0 unspecified atom stereocenters. The van der Waals surface area contributed by atoms with E-state index in [1.165, 1.54) is 5.56 Å². The molecule has 1 aromatic heterocycles. The standard InChI is InChI=1S/C8H5BrINO/c9-4-5-1-2-7-6(3-5)11-8(10)12-7/h1-3H,4H2. The van der Waals surface area contributed by atoms with Crippen molar-refractivity contribution in [3.8, 4) is 0 Å². The van der Waals surface area contributed by atoms with Gasteiger partial charge in [0, 0.05) is 27.9 Å². The van der Waals surface area contributed by atoms with Crippen molar-refractivity contribution in [2.24, 2.45) is 0 Å². The van der Waals surface area contributed by atoms with Crippen LogP contribution in [0.4, 0.5) is 0 Å². The third kappa shape index (κ3) is 1.50. The molecule has 0 saturated carbocycles. The van der Waals surface area contributed by atoms with E-state index in [0.29, 0.717) is 3.90 Å². The van der Waals surface area contributed by atoms with Crippen molar-refractivity contribution < 1.29 is 4.42 Å². The zero-order valence-electron chi connectivity index (χ0n) is 6.05. The number of alkyl halides is 1. The van der Waals surface area contributed by atoms with Crippen LogP contribution in [0.25, 0.3) is 11.1 Å². The third-order valence-electron chi connectivity index (χ3n) is 1.58. The van der Waals surface area contributed by atoms with Crippen molar-refractivity contribution in [3.63, 3.8) is 0 Å². The molecule has 0 atom stereocenters. The van der Waals surface area contributed by atoms with E-state index in [4.69, 9.17) is 4.42 Å². The first kappa shape index (κ1) is 8.50. The number of hydrogen-bond acceptors (Lipinski definition) is 2. The van der Waals surface area contributed by atoms with E-state index in [9.17, 15) is 0 Å². The first-order valence-electron chi connectivity index (χ1n) is 3.40. The van der Waals surface area contributed by atoms with E-state index in [1.54, 1.807) is 0 Å². The minimum atomic E-state index is 0.689. The molecule has 0 saturated heterocycles. The predicted octanol–water partition coefficient (Wildman–Crippen LogP) is 3.33. The Hall–Kier alpha value is -0.100. The minimum Gasteiger partial charge on any atom is -0.432 e. The SMILES string of the molecule is BrCc1ccc2oc(I)nc2c1. The molecule has 12 heavy (non-hydrogen) atoms. The Morgan fingerprint density at radius 2 is 2.33 bits per heavy atom. The molecule has 4 heteroatoms. The van der Waals surface area contributed by atoms with Crippen LogP contribution in [-0.4, -0.2) is 4.98 Å². The van der Waals surface area contributed by atoms with Gasteiger partial charge in [0.15, 0.2) is 5.58 Å². The Bertz CT molecular complexity index is 412. The van der Waals surface area contributed by atoms with Crippen molar-refractivity contribution >= 4 is 49.6 Å². The molecule has 2 nitrogen and oxygen atoms in total. The summed E-state index contributed by atoms with van der Waals surface area (Å²) < 4.78 is 6.02.